The van der Waals surface area contributed by atoms with Crippen LogP contribution < -0.4 is 15.4 Å². The summed E-state index contributed by atoms with van der Waals surface area (Å²) in [7, 11) is 1.46. The number of hydrogen-bond acceptors (Lipinski definition) is 6. The number of halogens is 2. The average Bonchev–Trinajstić information content (AvgIpc) is 3.40. The van der Waals surface area contributed by atoms with Crippen molar-refractivity contribution in [2.45, 2.75) is 38.4 Å². The van der Waals surface area contributed by atoms with Crippen molar-refractivity contribution in [3.05, 3.63) is 77.4 Å². The highest BCUT2D eigenvalue weighted by Gasteiger charge is 2.34. The van der Waals surface area contributed by atoms with E-state index >= 15 is 0 Å². The summed E-state index contributed by atoms with van der Waals surface area (Å²) in [6.45, 7) is 1.52. The van der Waals surface area contributed by atoms with Crippen molar-refractivity contribution in [2.75, 3.05) is 26.9 Å². The topological polar surface area (TPSA) is 112 Å². The van der Waals surface area contributed by atoms with Crippen LogP contribution in [0.5, 0.6) is 5.75 Å². The number of H-pyrrole nitrogens is 1. The highest BCUT2D eigenvalue weighted by molar-refractivity contribution is 6.01. The Morgan fingerprint density at radius 3 is 2.80 bits per heavy atom. The van der Waals surface area contributed by atoms with Crippen LogP contribution >= 0.6 is 0 Å². The summed E-state index contributed by atoms with van der Waals surface area (Å²) in [5.74, 6) is -0.676. The van der Waals surface area contributed by atoms with Crippen LogP contribution in [0.3, 0.4) is 0 Å². The Balaban J connectivity index is 1.36. The Morgan fingerprint density at radius 2 is 2.02 bits per heavy atom. The minimum Gasteiger partial charge on any atom is -0.496 e. The summed E-state index contributed by atoms with van der Waals surface area (Å²) >= 11 is 0. The summed E-state index contributed by atoms with van der Waals surface area (Å²) in [5, 5.41) is 14.0. The van der Waals surface area contributed by atoms with Crippen molar-refractivity contribution in [3.63, 3.8) is 0 Å². The molecule has 1 saturated heterocycles. The molecule has 0 aliphatic carbocycles. The van der Waals surface area contributed by atoms with Crippen LogP contribution in [0, 0.1) is 12.7 Å². The first-order chi connectivity index (χ1) is 19.9. The molecule has 0 spiro atoms. The van der Waals surface area contributed by atoms with E-state index in [9.17, 15) is 18.4 Å². The van der Waals surface area contributed by atoms with Crippen molar-refractivity contribution in [2.24, 2.45) is 0 Å². The standard InChI is InChI=1S/C30H32F2N6O3/c1-18-14-19(10-12-33-18)28-22-15-20(6-8-25(22)36-37-28)29(39)35-21-7-9-26(30(40)34-13-11-31)38(16-21)17-23-24(32)4-3-5-27(23)41-2/h3-6,8,10,12,14-15,21,26H,7,9,11,13,16-17H2,1-2H3,(H,34,40)(H,35,39)(H,36,37)/t21-,26+/m1/s1. The molecule has 3 heterocycles. The maximum atomic E-state index is 14.8. The van der Waals surface area contributed by atoms with Crippen molar-refractivity contribution in [1.29, 1.82) is 0 Å². The number of methoxy groups -OCH3 is 1. The molecule has 11 heteroatoms. The second kappa shape index (κ2) is 12.4. The first-order valence-electron chi connectivity index (χ1n) is 13.5. The fraction of sp³-hybridized carbons (Fsp3) is 0.333. The number of piperidine rings is 1. The third-order valence-corrected chi connectivity index (χ3v) is 7.37. The second-order valence-electron chi connectivity index (χ2n) is 10.1. The number of aromatic nitrogens is 3. The first-order valence-corrected chi connectivity index (χ1v) is 13.5. The molecule has 0 radical (unpaired) electrons. The van der Waals surface area contributed by atoms with Gasteiger partial charge in [-0.25, -0.2) is 8.78 Å². The van der Waals surface area contributed by atoms with Crippen LogP contribution in [0.2, 0.25) is 0 Å². The van der Waals surface area contributed by atoms with Crippen LogP contribution in [-0.4, -0.2) is 70.9 Å². The lowest BCUT2D eigenvalue weighted by Gasteiger charge is -2.39. The molecule has 2 aromatic carbocycles. The Labute approximate surface area is 236 Å². The van der Waals surface area contributed by atoms with Gasteiger partial charge in [0.2, 0.25) is 5.91 Å². The maximum Gasteiger partial charge on any atom is 0.251 e. The van der Waals surface area contributed by atoms with E-state index in [0.717, 1.165) is 27.9 Å². The number of amides is 2. The Hall–Kier alpha value is -4.38. The molecular formula is C30H32F2N6O3. The number of hydrogen-bond donors (Lipinski definition) is 3. The molecule has 9 nitrogen and oxygen atoms in total. The number of rotatable bonds is 9. The fourth-order valence-corrected chi connectivity index (χ4v) is 5.34. The Bertz CT molecular complexity index is 1560. The van der Waals surface area contributed by atoms with Crippen molar-refractivity contribution >= 4 is 22.7 Å². The number of fused-ring (bicyclic) bond motifs is 1. The molecule has 2 amide bonds. The van der Waals surface area contributed by atoms with Gasteiger partial charge in [0.15, 0.2) is 0 Å². The summed E-state index contributed by atoms with van der Waals surface area (Å²) in [5.41, 5.74) is 4.07. The summed E-state index contributed by atoms with van der Waals surface area (Å²) in [6.07, 6.45) is 2.66. The monoisotopic (exact) mass is 562 g/mol. The van der Waals surface area contributed by atoms with Gasteiger partial charge >= 0.3 is 0 Å². The molecule has 2 aromatic heterocycles. The molecule has 0 bridgehead atoms. The van der Waals surface area contributed by atoms with Gasteiger partial charge in [-0.15, -0.1) is 0 Å². The molecule has 214 valence electrons. The van der Waals surface area contributed by atoms with E-state index in [1.165, 1.54) is 13.2 Å². The number of carbonyl (C=O) groups is 2. The molecule has 1 fully saturated rings. The van der Waals surface area contributed by atoms with Gasteiger partial charge in [-0.3, -0.25) is 24.6 Å². The van der Waals surface area contributed by atoms with E-state index in [2.05, 4.69) is 25.8 Å². The first kappa shape index (κ1) is 28.2. The number of likely N-dealkylation sites (tertiary alicyclic amines) is 1. The molecule has 41 heavy (non-hydrogen) atoms. The fourth-order valence-electron chi connectivity index (χ4n) is 5.34. The molecule has 3 N–H and O–H groups in total. The van der Waals surface area contributed by atoms with Crippen LogP contribution in [0.25, 0.3) is 22.2 Å². The van der Waals surface area contributed by atoms with Crippen molar-refractivity contribution in [1.82, 2.24) is 30.7 Å². The van der Waals surface area contributed by atoms with Gasteiger partial charge in [-0.1, -0.05) is 6.07 Å². The number of ether oxygens (including phenoxy) is 1. The van der Waals surface area contributed by atoms with Gasteiger partial charge < -0.3 is 15.4 Å². The molecule has 0 saturated carbocycles. The lowest BCUT2D eigenvalue weighted by molar-refractivity contribution is -0.128. The number of carbonyl (C=O) groups excluding carboxylic acids is 2. The zero-order valence-corrected chi connectivity index (χ0v) is 22.9. The van der Waals surface area contributed by atoms with Gasteiger partial charge in [-0.2, -0.15) is 5.10 Å². The van der Waals surface area contributed by atoms with Crippen LogP contribution in [0.1, 0.15) is 34.5 Å². The SMILES string of the molecule is COc1cccc(F)c1CN1C[C@H](NC(=O)c2ccc3[nH]nc(-c4ccnc(C)c4)c3c2)CC[C@H]1C(=O)NCCF. The predicted octanol–water partition coefficient (Wildman–Crippen LogP) is 3.93. The van der Waals surface area contributed by atoms with Crippen LogP contribution in [0.4, 0.5) is 8.78 Å². The second-order valence-corrected chi connectivity index (χ2v) is 10.1. The number of pyridine rings is 1. The van der Waals surface area contributed by atoms with E-state index in [1.54, 1.807) is 30.5 Å². The lowest BCUT2D eigenvalue weighted by Crippen LogP contribution is -2.56. The van der Waals surface area contributed by atoms with E-state index in [0.29, 0.717) is 36.3 Å². The van der Waals surface area contributed by atoms with Crippen molar-refractivity contribution < 1.29 is 23.1 Å². The summed E-state index contributed by atoms with van der Waals surface area (Å²) in [4.78, 5) is 32.3. The molecule has 1 aliphatic rings. The smallest absolute Gasteiger partial charge is 0.251 e. The number of aromatic amines is 1. The minimum absolute atomic E-state index is 0.0889. The zero-order valence-electron chi connectivity index (χ0n) is 22.9. The molecule has 2 atom stereocenters. The lowest BCUT2D eigenvalue weighted by atomic mass is 9.96. The van der Waals surface area contributed by atoms with Crippen molar-refractivity contribution in [3.8, 4) is 17.0 Å². The van der Waals surface area contributed by atoms with Crippen LogP contribution in [0.15, 0.2) is 54.7 Å². The van der Waals surface area contributed by atoms with E-state index in [-0.39, 0.29) is 30.9 Å². The number of alkyl halides is 1. The van der Waals surface area contributed by atoms with Gasteiger partial charge in [0.25, 0.3) is 5.91 Å². The Kier molecular flexibility index (Phi) is 8.53. The van der Waals surface area contributed by atoms with E-state index in [4.69, 9.17) is 4.74 Å². The zero-order chi connectivity index (χ0) is 28.9. The average molecular weight is 563 g/mol. The predicted molar refractivity (Wildman–Crippen MR) is 151 cm³/mol. The largest absolute Gasteiger partial charge is 0.496 e. The number of nitrogens with zero attached hydrogens (tertiary/aromatic N) is 3. The van der Waals surface area contributed by atoms with E-state index in [1.807, 2.05) is 30.0 Å². The molecule has 5 rings (SSSR count). The molecule has 0 unspecified atom stereocenters. The summed E-state index contributed by atoms with van der Waals surface area (Å²) in [6, 6.07) is 12.8. The normalized spacial score (nSPS) is 17.4. The maximum absolute atomic E-state index is 14.8. The van der Waals surface area contributed by atoms with Crippen LogP contribution in [-0.2, 0) is 11.3 Å². The molecule has 4 aromatic rings. The van der Waals surface area contributed by atoms with Gasteiger partial charge in [0.1, 0.15) is 23.9 Å². The Morgan fingerprint density at radius 1 is 1.17 bits per heavy atom. The van der Waals surface area contributed by atoms with Gasteiger partial charge in [0, 0.05) is 59.6 Å². The van der Waals surface area contributed by atoms with Gasteiger partial charge in [-0.05, 0) is 62.2 Å². The summed E-state index contributed by atoms with van der Waals surface area (Å²) < 4.78 is 32.9. The number of benzene rings is 2. The number of aryl methyl sites for hydroxylation is 1. The highest BCUT2D eigenvalue weighted by atomic mass is 19.1. The molecule has 1 aliphatic heterocycles. The minimum atomic E-state index is -0.679. The highest BCUT2D eigenvalue weighted by Crippen LogP contribution is 2.29. The molecular weight excluding hydrogens is 530 g/mol. The number of nitrogens with one attached hydrogen (secondary N) is 3. The third kappa shape index (κ3) is 6.19. The third-order valence-electron chi connectivity index (χ3n) is 7.37. The van der Waals surface area contributed by atoms with Gasteiger partial charge in [0.05, 0.1) is 18.7 Å². The van der Waals surface area contributed by atoms with E-state index < -0.39 is 18.5 Å². The quantitative estimate of drug-likeness (QED) is 0.285.